The van der Waals surface area contributed by atoms with E-state index >= 15 is 0 Å². The van der Waals surface area contributed by atoms with E-state index in [0.29, 0.717) is 26.5 Å². The smallest absolute Gasteiger partial charge is 0.266 e. The van der Waals surface area contributed by atoms with Crippen molar-refractivity contribution in [2.45, 2.75) is 26.5 Å². The molecule has 26 heavy (non-hydrogen) atoms. The normalized spacial score (nSPS) is 16.2. The first kappa shape index (κ1) is 18.9. The molecule has 2 aromatic rings. The van der Waals surface area contributed by atoms with Crippen LogP contribution in [0.5, 0.6) is 5.75 Å². The van der Waals surface area contributed by atoms with Gasteiger partial charge in [0.25, 0.3) is 5.91 Å². The summed E-state index contributed by atoms with van der Waals surface area (Å²) in [5, 5.41) is 0.189. The molecule has 1 aromatic heterocycles. The van der Waals surface area contributed by atoms with E-state index < -0.39 is 5.82 Å². The van der Waals surface area contributed by atoms with Crippen molar-refractivity contribution in [1.82, 2.24) is 4.90 Å². The van der Waals surface area contributed by atoms with Crippen LogP contribution in [-0.2, 0) is 11.4 Å². The summed E-state index contributed by atoms with van der Waals surface area (Å²) in [7, 11) is 0. The van der Waals surface area contributed by atoms with E-state index in [1.165, 1.54) is 30.0 Å². The molecule has 0 atom stereocenters. The zero-order valence-corrected chi connectivity index (χ0v) is 16.4. The largest absolute Gasteiger partial charge is 0.484 e. The fraction of sp³-hybridized carbons (Fsp3) is 0.222. The molecule has 1 fully saturated rings. The minimum absolute atomic E-state index is 0.00872. The van der Waals surface area contributed by atoms with E-state index in [1.54, 1.807) is 23.1 Å². The second-order valence-electron chi connectivity index (χ2n) is 5.81. The van der Waals surface area contributed by atoms with Crippen LogP contribution in [0.3, 0.4) is 0 Å². The third-order valence-electron chi connectivity index (χ3n) is 3.56. The third kappa shape index (κ3) is 4.11. The summed E-state index contributed by atoms with van der Waals surface area (Å²) in [4.78, 5) is 14.5. The molecule has 2 heterocycles. The highest BCUT2D eigenvalue weighted by molar-refractivity contribution is 8.26. The first-order valence-corrected chi connectivity index (χ1v) is 9.39. The minimum atomic E-state index is -0.429. The van der Waals surface area contributed by atoms with E-state index in [9.17, 15) is 9.18 Å². The Labute approximate surface area is 164 Å². The van der Waals surface area contributed by atoms with Crippen LogP contribution in [0.1, 0.15) is 25.4 Å². The lowest BCUT2D eigenvalue weighted by Crippen LogP contribution is -2.34. The number of furan rings is 1. The number of hydrogen-bond acceptors (Lipinski definition) is 5. The van der Waals surface area contributed by atoms with Gasteiger partial charge in [0.2, 0.25) is 0 Å². The summed E-state index contributed by atoms with van der Waals surface area (Å²) in [5.74, 6) is 0.890. The minimum Gasteiger partial charge on any atom is -0.484 e. The fourth-order valence-corrected chi connectivity index (χ4v) is 4.07. The van der Waals surface area contributed by atoms with E-state index in [0.717, 1.165) is 0 Å². The highest BCUT2D eigenvalue weighted by Gasteiger charge is 2.33. The number of thioether (sulfide) groups is 1. The van der Waals surface area contributed by atoms with Gasteiger partial charge in [-0.2, -0.15) is 0 Å². The molecule has 0 radical (unpaired) electrons. The summed E-state index contributed by atoms with van der Waals surface area (Å²) in [6.07, 6.45) is 1.66. The predicted molar refractivity (Wildman–Crippen MR) is 105 cm³/mol. The summed E-state index contributed by atoms with van der Waals surface area (Å²) in [6.45, 7) is 3.96. The van der Waals surface area contributed by atoms with E-state index in [-0.39, 0.29) is 23.6 Å². The van der Waals surface area contributed by atoms with Gasteiger partial charge >= 0.3 is 0 Å². The van der Waals surface area contributed by atoms with E-state index in [1.807, 2.05) is 13.8 Å². The molecule has 0 unspecified atom stereocenters. The highest BCUT2D eigenvalue weighted by atomic mass is 35.5. The van der Waals surface area contributed by atoms with Crippen molar-refractivity contribution in [3.8, 4) is 5.75 Å². The van der Waals surface area contributed by atoms with Gasteiger partial charge in [-0.1, -0.05) is 35.6 Å². The molecule has 0 N–H and O–H groups in total. The summed E-state index contributed by atoms with van der Waals surface area (Å²) < 4.78 is 24.8. The van der Waals surface area contributed by atoms with Gasteiger partial charge in [0, 0.05) is 12.1 Å². The van der Waals surface area contributed by atoms with Crippen molar-refractivity contribution in [3.63, 3.8) is 0 Å². The first-order valence-electron chi connectivity index (χ1n) is 7.79. The number of rotatable bonds is 5. The Bertz CT molecular complexity index is 894. The Morgan fingerprint density at radius 3 is 2.81 bits per heavy atom. The number of thiocarbonyl (C=S) groups is 1. The molecule has 1 aliphatic heterocycles. The highest BCUT2D eigenvalue weighted by Crippen LogP contribution is 2.34. The second kappa shape index (κ2) is 7.82. The SMILES string of the molecule is CC(C)N1C(=O)C(=Cc2ccc(COc3ccc(F)cc3Cl)o2)SC1=S. The topological polar surface area (TPSA) is 42.7 Å². The Morgan fingerprint density at radius 2 is 2.15 bits per heavy atom. The average Bonchev–Trinajstić information content (AvgIpc) is 3.11. The number of hydrogen-bond donors (Lipinski definition) is 0. The van der Waals surface area contributed by atoms with Crippen LogP contribution in [0, 0.1) is 5.82 Å². The molecule has 0 saturated carbocycles. The lowest BCUT2D eigenvalue weighted by Gasteiger charge is -2.18. The molecule has 136 valence electrons. The summed E-state index contributed by atoms with van der Waals surface area (Å²) >= 11 is 12.4. The van der Waals surface area contributed by atoms with Crippen LogP contribution in [0.2, 0.25) is 5.02 Å². The number of halogens is 2. The zero-order valence-electron chi connectivity index (χ0n) is 14.0. The first-order chi connectivity index (χ1) is 12.3. The fourth-order valence-electron chi connectivity index (χ4n) is 2.35. The van der Waals surface area contributed by atoms with Gasteiger partial charge in [-0.25, -0.2) is 4.39 Å². The van der Waals surface area contributed by atoms with Crippen LogP contribution in [-0.4, -0.2) is 21.2 Å². The third-order valence-corrected chi connectivity index (χ3v) is 5.19. The second-order valence-corrected chi connectivity index (χ2v) is 7.90. The average molecular weight is 412 g/mol. The van der Waals surface area contributed by atoms with Gasteiger partial charge in [0.1, 0.15) is 34.0 Å². The van der Waals surface area contributed by atoms with Gasteiger partial charge in [0.05, 0.1) is 9.93 Å². The van der Waals surface area contributed by atoms with Crippen molar-refractivity contribution in [2.75, 3.05) is 0 Å². The summed E-state index contributed by atoms with van der Waals surface area (Å²) in [6, 6.07) is 7.40. The quantitative estimate of drug-likeness (QED) is 0.496. The maximum atomic E-state index is 13.0. The van der Waals surface area contributed by atoms with Crippen molar-refractivity contribution in [2.24, 2.45) is 0 Å². The Morgan fingerprint density at radius 1 is 1.38 bits per heavy atom. The maximum absolute atomic E-state index is 13.0. The van der Waals surface area contributed by atoms with Gasteiger partial charge < -0.3 is 9.15 Å². The molecule has 1 aromatic carbocycles. The molecule has 1 amide bonds. The molecule has 1 saturated heterocycles. The number of ether oxygens (including phenoxy) is 1. The molecule has 4 nitrogen and oxygen atoms in total. The number of carbonyl (C=O) groups is 1. The lowest BCUT2D eigenvalue weighted by atomic mass is 10.3. The Hall–Kier alpha value is -1.83. The molecule has 0 aliphatic carbocycles. The van der Waals surface area contributed by atoms with Crippen LogP contribution in [0.25, 0.3) is 6.08 Å². The monoisotopic (exact) mass is 411 g/mol. The van der Waals surface area contributed by atoms with Crippen molar-refractivity contribution >= 4 is 51.9 Å². The van der Waals surface area contributed by atoms with Crippen molar-refractivity contribution in [1.29, 1.82) is 0 Å². The molecule has 1 aliphatic rings. The van der Waals surface area contributed by atoms with Crippen molar-refractivity contribution < 1.29 is 18.3 Å². The van der Waals surface area contributed by atoms with Gasteiger partial charge in [-0.3, -0.25) is 9.69 Å². The number of benzene rings is 1. The van der Waals surface area contributed by atoms with Crippen LogP contribution in [0.15, 0.2) is 39.7 Å². The Balaban J connectivity index is 1.68. The van der Waals surface area contributed by atoms with Crippen LogP contribution >= 0.6 is 35.6 Å². The standard InChI is InChI=1S/C18H15ClFNO3S2/c1-10(2)21-17(22)16(26-18(21)25)8-12-4-5-13(24-12)9-23-15-6-3-11(20)7-14(15)19/h3-8,10H,9H2,1-2H3. The molecular formula is C18H15ClFNO3S2. The van der Waals surface area contributed by atoms with Gasteiger partial charge in [0.15, 0.2) is 0 Å². The zero-order chi connectivity index (χ0) is 18.8. The lowest BCUT2D eigenvalue weighted by molar-refractivity contribution is -0.123. The summed E-state index contributed by atoms with van der Waals surface area (Å²) in [5.41, 5.74) is 0. The molecule has 3 rings (SSSR count). The molecule has 8 heteroatoms. The predicted octanol–water partition coefficient (Wildman–Crippen LogP) is 5.26. The van der Waals surface area contributed by atoms with Crippen molar-refractivity contribution in [3.05, 3.63) is 57.6 Å². The Kier molecular flexibility index (Phi) is 5.70. The number of nitrogens with zero attached hydrogens (tertiary/aromatic N) is 1. The van der Waals surface area contributed by atoms with E-state index in [2.05, 4.69) is 0 Å². The van der Waals surface area contributed by atoms with Crippen LogP contribution < -0.4 is 4.74 Å². The molecule has 0 bridgehead atoms. The number of amides is 1. The molecule has 0 spiro atoms. The van der Waals surface area contributed by atoms with E-state index in [4.69, 9.17) is 33.0 Å². The number of carbonyl (C=O) groups excluding carboxylic acids is 1. The van der Waals surface area contributed by atoms with Crippen LogP contribution in [0.4, 0.5) is 4.39 Å². The van der Waals surface area contributed by atoms with Gasteiger partial charge in [-0.05, 0) is 44.2 Å². The van der Waals surface area contributed by atoms with Gasteiger partial charge in [-0.15, -0.1) is 0 Å². The molecular weight excluding hydrogens is 397 g/mol. The maximum Gasteiger partial charge on any atom is 0.266 e.